The van der Waals surface area contributed by atoms with E-state index in [9.17, 15) is 14.9 Å². The van der Waals surface area contributed by atoms with Gasteiger partial charge in [-0.25, -0.2) is 0 Å². The fourth-order valence-corrected chi connectivity index (χ4v) is 2.58. The lowest BCUT2D eigenvalue weighted by Crippen LogP contribution is -2.50. The van der Waals surface area contributed by atoms with Crippen molar-refractivity contribution in [2.45, 2.75) is 26.0 Å². The highest BCUT2D eigenvalue weighted by Crippen LogP contribution is 2.32. The average molecular weight is 333 g/mol. The van der Waals surface area contributed by atoms with E-state index in [1.165, 1.54) is 0 Å². The van der Waals surface area contributed by atoms with Crippen LogP contribution in [-0.2, 0) is 4.74 Å². The number of nitro benzene ring substituents is 1. The van der Waals surface area contributed by atoms with Gasteiger partial charge in [-0.05, 0) is 13.8 Å². The Kier molecular flexibility index (Phi) is 4.70. The predicted molar refractivity (Wildman–Crippen MR) is 79.0 cm³/mol. The van der Waals surface area contributed by atoms with Gasteiger partial charge in [0.25, 0.3) is 11.6 Å². The highest BCUT2D eigenvalue weighted by molar-refractivity contribution is 6.44. The monoisotopic (exact) mass is 332 g/mol. The third kappa shape index (κ3) is 3.28. The van der Waals surface area contributed by atoms with Crippen LogP contribution in [0.4, 0.5) is 5.69 Å². The van der Waals surface area contributed by atoms with Crippen molar-refractivity contribution in [1.82, 2.24) is 4.90 Å². The summed E-state index contributed by atoms with van der Waals surface area (Å²) in [5.41, 5.74) is -0.224. The molecule has 0 saturated carbocycles. The summed E-state index contributed by atoms with van der Waals surface area (Å²) >= 11 is 11.9. The Hall–Kier alpha value is -1.37. The summed E-state index contributed by atoms with van der Waals surface area (Å²) in [6, 6.07) is 2.15. The van der Waals surface area contributed by atoms with Crippen molar-refractivity contribution in [3.8, 4) is 0 Å². The van der Waals surface area contributed by atoms with Gasteiger partial charge in [-0.2, -0.15) is 0 Å². The molecule has 114 valence electrons. The van der Waals surface area contributed by atoms with E-state index < -0.39 is 4.92 Å². The van der Waals surface area contributed by atoms with Crippen molar-refractivity contribution >= 4 is 34.8 Å². The first-order chi connectivity index (χ1) is 9.81. The van der Waals surface area contributed by atoms with Crippen molar-refractivity contribution in [2.24, 2.45) is 0 Å². The molecule has 2 unspecified atom stereocenters. The second-order valence-electron chi connectivity index (χ2n) is 5.00. The number of carbonyl (C=O) groups excluding carboxylic acids is 1. The van der Waals surface area contributed by atoms with E-state index in [2.05, 4.69) is 0 Å². The van der Waals surface area contributed by atoms with Crippen LogP contribution in [-0.4, -0.2) is 41.0 Å². The van der Waals surface area contributed by atoms with E-state index in [0.717, 1.165) is 12.1 Å². The first-order valence-corrected chi connectivity index (χ1v) is 7.13. The fraction of sp³-hybridized carbons (Fsp3) is 0.462. The van der Waals surface area contributed by atoms with Gasteiger partial charge in [0.05, 0.1) is 39.3 Å². The van der Waals surface area contributed by atoms with Gasteiger partial charge in [0, 0.05) is 18.7 Å². The molecule has 0 N–H and O–H groups in total. The van der Waals surface area contributed by atoms with E-state index in [-0.39, 0.29) is 39.3 Å². The summed E-state index contributed by atoms with van der Waals surface area (Å²) in [4.78, 5) is 24.5. The Balaban J connectivity index is 2.40. The number of halogens is 2. The van der Waals surface area contributed by atoms with Crippen LogP contribution in [0.15, 0.2) is 12.1 Å². The lowest BCUT2D eigenvalue weighted by atomic mass is 10.1. The summed E-state index contributed by atoms with van der Waals surface area (Å²) in [6.07, 6.45) is -0.0990. The number of benzene rings is 1. The molecule has 8 heteroatoms. The second-order valence-corrected chi connectivity index (χ2v) is 5.78. The number of nitrogens with zero attached hydrogens (tertiary/aromatic N) is 2. The maximum absolute atomic E-state index is 12.6. The molecule has 0 spiro atoms. The summed E-state index contributed by atoms with van der Waals surface area (Å²) < 4.78 is 5.46. The standard InChI is InChI=1S/C13H14Cl2N2O4/c1-7-6-21-8(2)5-16(7)13(18)10-3-9(17(19)20)4-11(14)12(10)15/h3-4,7-8H,5-6H2,1-2H3. The third-order valence-corrected chi connectivity index (χ3v) is 4.12. The number of morpholine rings is 1. The minimum Gasteiger partial charge on any atom is -0.375 e. The lowest BCUT2D eigenvalue weighted by molar-refractivity contribution is -0.384. The Morgan fingerprint density at radius 1 is 1.43 bits per heavy atom. The fourth-order valence-electron chi connectivity index (χ4n) is 2.18. The number of nitro groups is 1. The van der Waals surface area contributed by atoms with E-state index >= 15 is 0 Å². The molecule has 1 saturated heterocycles. The van der Waals surface area contributed by atoms with Crippen molar-refractivity contribution < 1.29 is 14.5 Å². The third-order valence-electron chi connectivity index (χ3n) is 3.32. The molecule has 6 nitrogen and oxygen atoms in total. The van der Waals surface area contributed by atoms with Crippen LogP contribution in [0.3, 0.4) is 0 Å². The summed E-state index contributed by atoms with van der Waals surface area (Å²) in [5, 5.41) is 10.9. The van der Waals surface area contributed by atoms with Gasteiger partial charge in [0.2, 0.25) is 0 Å². The van der Waals surface area contributed by atoms with Crippen molar-refractivity contribution in [3.05, 3.63) is 37.9 Å². The molecule has 1 fully saturated rings. The zero-order valence-corrected chi connectivity index (χ0v) is 13.0. The highest BCUT2D eigenvalue weighted by Gasteiger charge is 2.31. The Bertz CT molecular complexity index is 594. The van der Waals surface area contributed by atoms with Crippen molar-refractivity contribution in [2.75, 3.05) is 13.2 Å². The molecule has 0 bridgehead atoms. The van der Waals surface area contributed by atoms with E-state index in [1.807, 2.05) is 13.8 Å². The van der Waals surface area contributed by atoms with Gasteiger partial charge in [-0.15, -0.1) is 0 Å². The van der Waals surface area contributed by atoms with E-state index in [4.69, 9.17) is 27.9 Å². The average Bonchev–Trinajstić information content (AvgIpc) is 2.43. The molecule has 1 heterocycles. The second kappa shape index (κ2) is 6.17. The zero-order valence-electron chi connectivity index (χ0n) is 11.5. The van der Waals surface area contributed by atoms with Crippen LogP contribution >= 0.6 is 23.2 Å². The topological polar surface area (TPSA) is 72.7 Å². The molecule has 1 aromatic carbocycles. The van der Waals surface area contributed by atoms with Crippen molar-refractivity contribution in [3.63, 3.8) is 0 Å². The van der Waals surface area contributed by atoms with Gasteiger partial charge in [0.15, 0.2) is 0 Å². The molecule has 21 heavy (non-hydrogen) atoms. The number of non-ortho nitro benzene ring substituents is 1. The molecule has 0 radical (unpaired) electrons. The molecule has 0 aromatic heterocycles. The molecule has 1 aromatic rings. The van der Waals surface area contributed by atoms with Gasteiger partial charge < -0.3 is 9.64 Å². The molecular weight excluding hydrogens is 319 g/mol. The molecular formula is C13H14Cl2N2O4. The first-order valence-electron chi connectivity index (χ1n) is 6.37. The van der Waals surface area contributed by atoms with Crippen molar-refractivity contribution in [1.29, 1.82) is 0 Å². The van der Waals surface area contributed by atoms with Gasteiger partial charge in [0.1, 0.15) is 0 Å². The Morgan fingerprint density at radius 3 is 2.71 bits per heavy atom. The number of hydrogen-bond donors (Lipinski definition) is 0. The number of rotatable bonds is 2. The number of ether oxygens (including phenoxy) is 1. The molecule has 1 aliphatic heterocycles. The van der Waals surface area contributed by atoms with E-state index in [0.29, 0.717) is 13.2 Å². The highest BCUT2D eigenvalue weighted by atomic mass is 35.5. The van der Waals surface area contributed by atoms with Gasteiger partial charge in [-0.3, -0.25) is 14.9 Å². The largest absolute Gasteiger partial charge is 0.375 e. The molecule has 1 aliphatic rings. The quantitative estimate of drug-likeness (QED) is 0.616. The number of amides is 1. The summed E-state index contributed by atoms with van der Waals surface area (Å²) in [5.74, 6) is -0.381. The number of hydrogen-bond acceptors (Lipinski definition) is 4. The summed E-state index contributed by atoms with van der Waals surface area (Å²) in [7, 11) is 0. The lowest BCUT2D eigenvalue weighted by Gasteiger charge is -2.37. The first kappa shape index (κ1) is 16.0. The Morgan fingerprint density at radius 2 is 2.10 bits per heavy atom. The maximum Gasteiger partial charge on any atom is 0.271 e. The predicted octanol–water partition coefficient (Wildman–Crippen LogP) is 3.15. The van der Waals surface area contributed by atoms with Crippen LogP contribution in [0.1, 0.15) is 24.2 Å². The summed E-state index contributed by atoms with van der Waals surface area (Å²) in [6.45, 7) is 4.51. The zero-order chi connectivity index (χ0) is 15.7. The van der Waals surface area contributed by atoms with E-state index in [1.54, 1.807) is 4.90 Å². The van der Waals surface area contributed by atoms with Crippen LogP contribution in [0, 0.1) is 10.1 Å². The molecule has 2 atom stereocenters. The SMILES string of the molecule is CC1CN(C(=O)c2cc([N+](=O)[O-])cc(Cl)c2Cl)C(C)CO1. The van der Waals surface area contributed by atoms with Gasteiger partial charge >= 0.3 is 0 Å². The number of carbonyl (C=O) groups is 1. The minimum absolute atomic E-state index is 0.0109. The van der Waals surface area contributed by atoms with Crippen LogP contribution in [0.5, 0.6) is 0 Å². The normalized spacial score (nSPS) is 22.2. The molecule has 2 rings (SSSR count). The minimum atomic E-state index is -0.607. The van der Waals surface area contributed by atoms with Crippen LogP contribution < -0.4 is 0 Å². The van der Waals surface area contributed by atoms with Gasteiger partial charge in [-0.1, -0.05) is 23.2 Å². The van der Waals surface area contributed by atoms with Crippen LogP contribution in [0.2, 0.25) is 10.0 Å². The van der Waals surface area contributed by atoms with Crippen LogP contribution in [0.25, 0.3) is 0 Å². The molecule has 0 aliphatic carbocycles. The Labute approximate surface area is 131 Å². The maximum atomic E-state index is 12.6. The molecule has 1 amide bonds. The smallest absolute Gasteiger partial charge is 0.271 e.